The maximum Gasteiger partial charge on any atom is 0.416 e. The number of nitrogens with zero attached hydrogens (tertiary/aromatic N) is 7. The minimum atomic E-state index is -4.48. The highest BCUT2D eigenvalue weighted by molar-refractivity contribution is 6.00. The molecule has 10 rings (SSSR count). The van der Waals surface area contributed by atoms with E-state index in [9.17, 15) is 31.5 Å². The number of hydrogen-bond donors (Lipinski definition) is 4. The van der Waals surface area contributed by atoms with Gasteiger partial charge in [0.15, 0.2) is 23.1 Å². The molecule has 2 fully saturated rings. The lowest BCUT2D eigenvalue weighted by molar-refractivity contribution is -0.137. The lowest BCUT2D eigenvalue weighted by Crippen LogP contribution is -2.36. The van der Waals surface area contributed by atoms with E-state index in [1.165, 1.54) is 30.3 Å². The Morgan fingerprint density at radius 3 is 1.35 bits per heavy atom. The van der Waals surface area contributed by atoms with Gasteiger partial charge < -0.3 is 50.0 Å². The Bertz CT molecular complexity index is 3350. The fourth-order valence-corrected chi connectivity index (χ4v) is 7.51. The van der Waals surface area contributed by atoms with Crippen molar-refractivity contribution in [2.24, 2.45) is 0 Å². The van der Waals surface area contributed by atoms with Gasteiger partial charge in [-0.3, -0.25) is 9.97 Å². The van der Waals surface area contributed by atoms with Crippen LogP contribution in [0, 0.1) is 23.0 Å². The Kier molecular flexibility index (Phi) is 15.1. The maximum atomic E-state index is 14.7. The number of carbonyl (C=O) groups is 2. The van der Waals surface area contributed by atoms with Crippen molar-refractivity contribution >= 4 is 68.5 Å². The van der Waals surface area contributed by atoms with Gasteiger partial charge in [0.1, 0.15) is 23.1 Å². The summed E-state index contributed by atoms with van der Waals surface area (Å²) in [4.78, 5) is 46.8. The van der Waals surface area contributed by atoms with Gasteiger partial charge in [-0.2, -0.15) is 18.4 Å². The minimum absolute atomic E-state index is 0.00435. The number of morpholine rings is 2. The number of anilines is 6. The van der Waals surface area contributed by atoms with E-state index < -0.39 is 35.4 Å². The molecule has 0 atom stereocenters. The molecule has 376 valence electrons. The lowest BCUT2D eigenvalue weighted by atomic mass is 10.2. The van der Waals surface area contributed by atoms with E-state index in [2.05, 4.69) is 51.0 Å². The average Bonchev–Trinajstić information content (AvgIpc) is 3.40. The molecule has 17 nitrogen and oxygen atoms in total. The fourth-order valence-electron chi connectivity index (χ4n) is 7.51. The van der Waals surface area contributed by atoms with Crippen molar-refractivity contribution < 1.29 is 50.5 Å². The molecule has 0 aliphatic carbocycles. The van der Waals surface area contributed by atoms with Crippen LogP contribution in [0.25, 0.3) is 22.1 Å². The number of carbonyl (C=O) groups excluding carboxylic acids is 2. The van der Waals surface area contributed by atoms with Crippen molar-refractivity contribution in [1.82, 2.24) is 19.9 Å². The number of halogens is 5. The molecule has 2 aliphatic rings. The first-order valence-electron chi connectivity index (χ1n) is 22.8. The third-order valence-corrected chi connectivity index (χ3v) is 11.2. The molecule has 0 bridgehead atoms. The quantitative estimate of drug-likeness (QED) is 0.0944. The normalized spacial score (nSPS) is 13.5. The molecule has 0 radical (unpaired) electrons. The summed E-state index contributed by atoms with van der Waals surface area (Å²) < 4.78 is 89.7. The van der Waals surface area contributed by atoms with E-state index in [-0.39, 0.29) is 28.6 Å². The molecule has 74 heavy (non-hydrogen) atoms. The summed E-state index contributed by atoms with van der Waals surface area (Å²) in [5.41, 5.74) is 3.26. The van der Waals surface area contributed by atoms with E-state index in [0.717, 1.165) is 49.2 Å². The predicted molar refractivity (Wildman–Crippen MR) is 266 cm³/mol. The molecular formula is C52H42F5N11O6. The number of fused-ring (bicyclic) bond motifs is 2. The zero-order chi connectivity index (χ0) is 51.6. The molecule has 0 saturated carbocycles. The van der Waals surface area contributed by atoms with Crippen LogP contribution in [0.4, 0.5) is 65.9 Å². The summed E-state index contributed by atoms with van der Waals surface area (Å²) in [5, 5.41) is 18.9. The van der Waals surface area contributed by atoms with Crippen LogP contribution in [0.15, 0.2) is 134 Å². The molecule has 22 heteroatoms. The number of ether oxygens (including phenoxy) is 4. The molecule has 4 N–H and O–H groups in total. The highest BCUT2D eigenvalue weighted by Gasteiger charge is 2.30. The fraction of sp³-hybridized carbons (Fsp3) is 0.173. The molecule has 4 heterocycles. The average molecular weight is 1010 g/mol. The van der Waals surface area contributed by atoms with Crippen LogP contribution in [-0.2, 0) is 15.7 Å². The van der Waals surface area contributed by atoms with Crippen LogP contribution in [0.2, 0.25) is 0 Å². The zero-order valence-electron chi connectivity index (χ0n) is 38.8. The number of nitriles is 1. The molecule has 2 aliphatic heterocycles. The Hall–Kier alpha value is -9.20. The van der Waals surface area contributed by atoms with Crippen molar-refractivity contribution in [1.29, 1.82) is 5.26 Å². The molecule has 2 saturated heterocycles. The van der Waals surface area contributed by atoms with Gasteiger partial charge in [-0.1, -0.05) is 0 Å². The summed E-state index contributed by atoms with van der Waals surface area (Å²) in [7, 11) is 0. The summed E-state index contributed by atoms with van der Waals surface area (Å²) in [6, 6.07) is 29.2. The van der Waals surface area contributed by atoms with Gasteiger partial charge in [0.05, 0.1) is 78.1 Å². The Balaban J connectivity index is 0.000000182. The molecule has 8 aromatic rings. The largest absolute Gasteiger partial charge is 0.454 e. The third kappa shape index (κ3) is 12.8. The van der Waals surface area contributed by atoms with Gasteiger partial charge in [0.25, 0.3) is 0 Å². The number of nitrogens with one attached hydrogen (secondary N) is 4. The molecule has 2 aromatic heterocycles. The van der Waals surface area contributed by atoms with Gasteiger partial charge in [0.2, 0.25) is 0 Å². The summed E-state index contributed by atoms with van der Waals surface area (Å²) in [6.07, 6.45) is -1.04. The predicted octanol–water partition coefficient (Wildman–Crippen LogP) is 11.0. The van der Waals surface area contributed by atoms with Gasteiger partial charge >= 0.3 is 18.2 Å². The zero-order valence-corrected chi connectivity index (χ0v) is 38.8. The Labute approximate surface area is 418 Å². The molecule has 6 aromatic carbocycles. The molecular weight excluding hydrogens is 970 g/mol. The van der Waals surface area contributed by atoms with Gasteiger partial charge in [-0.05, 0) is 97.1 Å². The van der Waals surface area contributed by atoms with Crippen LogP contribution >= 0.6 is 0 Å². The highest BCUT2D eigenvalue weighted by Crippen LogP contribution is 2.33. The molecule has 0 spiro atoms. The number of hydrogen-bond acceptors (Lipinski definition) is 13. The first-order chi connectivity index (χ1) is 35.8. The minimum Gasteiger partial charge on any atom is -0.454 e. The van der Waals surface area contributed by atoms with Crippen LogP contribution < -0.4 is 40.5 Å². The van der Waals surface area contributed by atoms with Gasteiger partial charge in [-0.25, -0.2) is 28.3 Å². The Morgan fingerprint density at radius 2 is 0.946 bits per heavy atom. The molecule has 0 unspecified atom stereocenters. The van der Waals surface area contributed by atoms with Crippen molar-refractivity contribution in [2.75, 3.05) is 83.7 Å². The van der Waals surface area contributed by atoms with E-state index in [4.69, 9.17) is 24.2 Å². The second-order valence-electron chi connectivity index (χ2n) is 16.4. The van der Waals surface area contributed by atoms with Crippen molar-refractivity contribution in [2.45, 2.75) is 6.18 Å². The van der Waals surface area contributed by atoms with E-state index in [1.807, 2.05) is 6.07 Å². The second-order valence-corrected chi connectivity index (χ2v) is 16.4. The van der Waals surface area contributed by atoms with Gasteiger partial charge in [-0.15, -0.1) is 0 Å². The topological polar surface area (TPSA) is 201 Å². The monoisotopic (exact) mass is 1010 g/mol. The second kappa shape index (κ2) is 22.5. The van der Waals surface area contributed by atoms with Crippen LogP contribution in [0.5, 0.6) is 23.0 Å². The van der Waals surface area contributed by atoms with E-state index >= 15 is 0 Å². The number of alkyl halides is 3. The van der Waals surface area contributed by atoms with Crippen LogP contribution in [0.3, 0.4) is 0 Å². The number of amides is 4. The third-order valence-electron chi connectivity index (χ3n) is 11.2. The van der Waals surface area contributed by atoms with Gasteiger partial charge in [0, 0.05) is 73.2 Å². The number of urea groups is 2. The maximum absolute atomic E-state index is 14.7. The van der Waals surface area contributed by atoms with Crippen molar-refractivity contribution in [3.05, 3.63) is 156 Å². The summed E-state index contributed by atoms with van der Waals surface area (Å²) in [5.74, 6) is 0.794. The van der Waals surface area contributed by atoms with E-state index in [1.54, 1.807) is 73.1 Å². The lowest BCUT2D eigenvalue weighted by Gasteiger charge is -2.27. The van der Waals surface area contributed by atoms with Crippen LogP contribution in [-0.4, -0.2) is 84.6 Å². The highest BCUT2D eigenvalue weighted by atomic mass is 19.4. The van der Waals surface area contributed by atoms with Crippen molar-refractivity contribution in [3.8, 4) is 29.1 Å². The van der Waals surface area contributed by atoms with E-state index in [0.29, 0.717) is 90.2 Å². The Morgan fingerprint density at radius 1 is 0.541 bits per heavy atom. The number of rotatable bonds is 10. The SMILES string of the molecule is N#Cc1ccc(NC(=O)Nc2ccc(Oc3ccc4ncc(N5CCOCC5)nc4c3)c(F)c2)cc1.O=C(Nc1ccc(C(F)(F)F)cc1)Nc1ccc(Oc2ccc3ncc(N4CCOCC4)nc3c2)c(F)c1. The summed E-state index contributed by atoms with van der Waals surface area (Å²) in [6.45, 7) is 5.43. The number of aromatic nitrogens is 4. The standard InChI is InChI=1S/C26H21F4N5O3.C26H21FN6O3/c27-20-13-18(33-25(36)32-17-3-1-16(2-4-17)26(28,29)30)5-8-23(20)38-19-6-7-21-22(14-19)34-24(15-31-21)35-9-11-37-12-10-35;27-21-13-19(31-26(34)30-18-3-1-17(15-28)2-4-18)5-8-24(21)36-20-6-7-22-23(14-20)32-25(16-29-22)33-9-11-35-12-10-33/h1-8,13-15H,9-12H2,(H2,32,33,36);1-8,13-14,16H,9-12H2,(H2,30,31,34). The van der Waals surface area contributed by atoms with Crippen molar-refractivity contribution in [3.63, 3.8) is 0 Å². The molecule has 4 amide bonds. The first kappa shape index (κ1) is 49.8. The smallest absolute Gasteiger partial charge is 0.416 e. The number of benzene rings is 6. The first-order valence-corrected chi connectivity index (χ1v) is 22.8. The van der Waals surface area contributed by atoms with Crippen LogP contribution in [0.1, 0.15) is 11.1 Å². The summed E-state index contributed by atoms with van der Waals surface area (Å²) >= 11 is 0.